The molecule has 0 radical (unpaired) electrons. The van der Waals surface area contributed by atoms with Crippen LogP contribution < -0.4 is 0 Å². The monoisotopic (exact) mass is 288 g/mol. The van der Waals surface area contributed by atoms with Gasteiger partial charge >= 0.3 is 5.97 Å². The number of ether oxygens (including phenoxy) is 2. The molecule has 0 spiro atoms. The summed E-state index contributed by atoms with van der Waals surface area (Å²) in [5.41, 5.74) is 1.69. The third kappa shape index (κ3) is 1.62. The molecule has 2 aliphatic heterocycles. The van der Waals surface area contributed by atoms with Crippen molar-refractivity contribution in [3.63, 3.8) is 0 Å². The van der Waals surface area contributed by atoms with Crippen molar-refractivity contribution >= 4 is 11.6 Å². The van der Waals surface area contributed by atoms with Crippen molar-refractivity contribution < 1.29 is 19.4 Å². The lowest BCUT2D eigenvalue weighted by Gasteiger charge is -2.41. The molecule has 2 aromatic rings. The summed E-state index contributed by atoms with van der Waals surface area (Å²) in [4.78, 5) is 16.2. The van der Waals surface area contributed by atoms with Crippen LogP contribution in [-0.4, -0.2) is 39.8 Å². The number of fused-ring (bicyclic) bond motifs is 2. The number of rotatable bonds is 2. The van der Waals surface area contributed by atoms with Gasteiger partial charge in [-0.2, -0.15) is 0 Å². The van der Waals surface area contributed by atoms with E-state index in [4.69, 9.17) is 4.74 Å². The van der Waals surface area contributed by atoms with Crippen LogP contribution in [0.5, 0.6) is 5.75 Å². The molecule has 21 heavy (non-hydrogen) atoms. The van der Waals surface area contributed by atoms with Crippen LogP contribution in [0.4, 0.5) is 0 Å². The van der Waals surface area contributed by atoms with Crippen molar-refractivity contribution in [1.82, 2.24) is 9.38 Å². The molecule has 1 N–H and O–H groups in total. The van der Waals surface area contributed by atoms with Crippen molar-refractivity contribution in [3.8, 4) is 5.75 Å². The van der Waals surface area contributed by atoms with Crippen LogP contribution in [0.1, 0.15) is 35.8 Å². The molecule has 0 unspecified atom stereocenters. The fourth-order valence-electron chi connectivity index (χ4n) is 3.70. The standard InChI is InChI=1S/C15H16N2O4/c1-14-6-15(7-14,8-21-14)11-5-17-4-9(13(19)20-2)10(18)3-12(17)16-11/h3-5,18H,6-8H2,1-2H3. The minimum absolute atomic E-state index is 0.00484. The number of carbonyl (C=O) groups is 1. The van der Waals surface area contributed by atoms with Crippen molar-refractivity contribution in [3.05, 3.63) is 29.7 Å². The zero-order valence-electron chi connectivity index (χ0n) is 11.9. The second-order valence-corrected chi connectivity index (χ2v) is 6.33. The first-order valence-corrected chi connectivity index (χ1v) is 6.89. The second kappa shape index (κ2) is 3.76. The average Bonchev–Trinajstić information content (AvgIpc) is 3.06. The van der Waals surface area contributed by atoms with Crippen LogP contribution in [0, 0.1) is 0 Å². The van der Waals surface area contributed by atoms with Gasteiger partial charge in [-0.3, -0.25) is 0 Å². The summed E-state index contributed by atoms with van der Waals surface area (Å²) < 4.78 is 12.2. The van der Waals surface area contributed by atoms with Crippen molar-refractivity contribution in [2.45, 2.75) is 30.8 Å². The van der Waals surface area contributed by atoms with E-state index in [1.54, 1.807) is 10.6 Å². The molecule has 110 valence electrons. The lowest BCUT2D eigenvalue weighted by atomic mass is 9.62. The van der Waals surface area contributed by atoms with Crippen molar-refractivity contribution in [1.29, 1.82) is 0 Å². The fourth-order valence-corrected chi connectivity index (χ4v) is 3.70. The molecule has 2 bridgehead atoms. The maximum atomic E-state index is 11.6. The van der Waals surface area contributed by atoms with Gasteiger partial charge in [-0.05, 0) is 19.8 Å². The molecular formula is C15H16N2O4. The smallest absolute Gasteiger partial charge is 0.343 e. The Morgan fingerprint density at radius 2 is 2.24 bits per heavy atom. The number of esters is 1. The summed E-state index contributed by atoms with van der Waals surface area (Å²) in [6.45, 7) is 2.80. The molecule has 1 saturated carbocycles. The van der Waals surface area contributed by atoms with Gasteiger partial charge < -0.3 is 19.0 Å². The number of carbonyl (C=O) groups excluding carboxylic acids is 1. The van der Waals surface area contributed by atoms with Crippen molar-refractivity contribution in [2.75, 3.05) is 13.7 Å². The van der Waals surface area contributed by atoms with Gasteiger partial charge in [-0.1, -0.05) is 0 Å². The first-order valence-electron chi connectivity index (χ1n) is 6.89. The molecule has 6 nitrogen and oxygen atoms in total. The summed E-state index contributed by atoms with van der Waals surface area (Å²) in [5.74, 6) is -0.687. The summed E-state index contributed by atoms with van der Waals surface area (Å²) in [6.07, 6.45) is 5.41. The molecule has 3 aliphatic rings. The van der Waals surface area contributed by atoms with E-state index < -0.39 is 5.97 Å². The maximum Gasteiger partial charge on any atom is 0.343 e. The summed E-state index contributed by atoms with van der Waals surface area (Å²) in [7, 11) is 1.29. The molecule has 2 aromatic heterocycles. The number of aromatic hydroxyl groups is 1. The molecule has 2 saturated heterocycles. The highest BCUT2D eigenvalue weighted by Gasteiger charge is 2.61. The van der Waals surface area contributed by atoms with Crippen LogP contribution in [-0.2, 0) is 14.9 Å². The third-order valence-electron chi connectivity index (χ3n) is 4.64. The summed E-state index contributed by atoms with van der Waals surface area (Å²) in [6, 6.07) is 1.49. The maximum absolute atomic E-state index is 11.6. The van der Waals surface area contributed by atoms with Gasteiger partial charge in [-0.25, -0.2) is 9.78 Å². The molecule has 3 fully saturated rings. The largest absolute Gasteiger partial charge is 0.507 e. The van der Waals surface area contributed by atoms with E-state index in [0.717, 1.165) is 18.5 Å². The van der Waals surface area contributed by atoms with E-state index in [1.807, 2.05) is 6.20 Å². The van der Waals surface area contributed by atoms with E-state index in [2.05, 4.69) is 16.6 Å². The quantitative estimate of drug-likeness (QED) is 0.851. The number of nitrogens with zero attached hydrogens (tertiary/aromatic N) is 2. The molecule has 0 aromatic carbocycles. The van der Waals surface area contributed by atoms with Gasteiger partial charge in [0.1, 0.15) is 17.0 Å². The number of imidazole rings is 1. The number of methoxy groups -OCH3 is 1. The first kappa shape index (κ1) is 12.6. The predicted molar refractivity (Wildman–Crippen MR) is 73.5 cm³/mol. The zero-order valence-corrected chi connectivity index (χ0v) is 11.9. The van der Waals surface area contributed by atoms with Gasteiger partial charge in [0.05, 0.1) is 25.0 Å². The highest BCUT2D eigenvalue weighted by molar-refractivity contribution is 5.92. The molecule has 0 atom stereocenters. The number of hydrogen-bond donors (Lipinski definition) is 1. The Bertz CT molecular complexity index is 758. The topological polar surface area (TPSA) is 73.1 Å². The zero-order chi connectivity index (χ0) is 14.8. The van der Waals surface area contributed by atoms with E-state index >= 15 is 0 Å². The predicted octanol–water partition coefficient (Wildman–Crippen LogP) is 1.65. The number of hydrogen-bond acceptors (Lipinski definition) is 5. The Morgan fingerprint density at radius 1 is 1.48 bits per heavy atom. The van der Waals surface area contributed by atoms with Crippen LogP contribution in [0.3, 0.4) is 0 Å². The lowest BCUT2D eigenvalue weighted by Crippen LogP contribution is -2.45. The highest BCUT2D eigenvalue weighted by Crippen LogP contribution is 2.58. The Balaban J connectivity index is 1.79. The highest BCUT2D eigenvalue weighted by atomic mass is 16.5. The van der Waals surface area contributed by atoms with Gasteiger partial charge in [0.15, 0.2) is 0 Å². The Labute approximate surface area is 121 Å². The lowest BCUT2D eigenvalue weighted by molar-refractivity contribution is 0.0154. The van der Waals surface area contributed by atoms with Gasteiger partial charge in [-0.15, -0.1) is 0 Å². The van der Waals surface area contributed by atoms with Crippen molar-refractivity contribution in [2.24, 2.45) is 0 Å². The number of pyridine rings is 1. The molecule has 4 heterocycles. The third-order valence-corrected chi connectivity index (χ3v) is 4.64. The Kier molecular flexibility index (Phi) is 2.27. The fraction of sp³-hybridized carbons (Fsp3) is 0.467. The normalized spacial score (nSPS) is 30.4. The van der Waals surface area contributed by atoms with Gasteiger partial charge in [0, 0.05) is 23.9 Å². The Morgan fingerprint density at radius 3 is 2.86 bits per heavy atom. The molecule has 0 amide bonds. The van der Waals surface area contributed by atoms with E-state index in [0.29, 0.717) is 12.3 Å². The molecule has 5 rings (SSSR count). The molecule has 6 heteroatoms. The van der Waals surface area contributed by atoms with Crippen LogP contribution in [0.2, 0.25) is 0 Å². The molecule has 1 aliphatic carbocycles. The minimum atomic E-state index is -0.566. The van der Waals surface area contributed by atoms with Gasteiger partial charge in [0.2, 0.25) is 0 Å². The second-order valence-electron chi connectivity index (χ2n) is 6.33. The van der Waals surface area contributed by atoms with E-state index in [1.165, 1.54) is 13.2 Å². The van der Waals surface area contributed by atoms with Crippen LogP contribution >= 0.6 is 0 Å². The van der Waals surface area contributed by atoms with Gasteiger partial charge in [0.25, 0.3) is 0 Å². The average molecular weight is 288 g/mol. The van der Waals surface area contributed by atoms with E-state index in [9.17, 15) is 9.90 Å². The van der Waals surface area contributed by atoms with E-state index in [-0.39, 0.29) is 22.3 Å². The number of aromatic nitrogens is 2. The summed E-state index contributed by atoms with van der Waals surface area (Å²) >= 11 is 0. The summed E-state index contributed by atoms with van der Waals surface area (Å²) in [5, 5.41) is 9.92. The SMILES string of the molecule is COC(=O)c1cn2cc(C34COC(C)(C3)C4)nc2cc1O. The minimum Gasteiger partial charge on any atom is -0.507 e. The molecular weight excluding hydrogens is 272 g/mol. The van der Waals surface area contributed by atoms with Crippen LogP contribution in [0.25, 0.3) is 5.65 Å². The van der Waals surface area contributed by atoms with Crippen LogP contribution in [0.15, 0.2) is 18.5 Å². The Hall–Kier alpha value is -2.08. The first-order chi connectivity index (χ1) is 9.95.